The van der Waals surface area contributed by atoms with Crippen molar-refractivity contribution in [3.05, 3.63) is 0 Å². The van der Waals surface area contributed by atoms with E-state index in [1.54, 1.807) is 6.92 Å². The summed E-state index contributed by atoms with van der Waals surface area (Å²) >= 11 is 0. The SMILES string of the molecule is CCCCCC(C)CC(=O)NC(CCCCC)CC(C)=O. The molecule has 0 saturated heterocycles. The third-order valence-electron chi connectivity index (χ3n) is 3.89. The van der Waals surface area contributed by atoms with Crippen LogP contribution in [0.1, 0.15) is 91.9 Å². The Morgan fingerprint density at radius 3 is 2.00 bits per heavy atom. The van der Waals surface area contributed by atoms with Crippen molar-refractivity contribution >= 4 is 11.7 Å². The van der Waals surface area contributed by atoms with Crippen LogP contribution in [-0.2, 0) is 9.59 Å². The number of Topliss-reactive ketones (excluding diaryl/α,β-unsaturated/α-hetero) is 1. The molecule has 124 valence electrons. The zero-order valence-corrected chi connectivity index (χ0v) is 14.5. The van der Waals surface area contributed by atoms with Gasteiger partial charge in [0.25, 0.3) is 0 Å². The number of ketones is 1. The molecule has 3 heteroatoms. The van der Waals surface area contributed by atoms with Gasteiger partial charge in [-0.3, -0.25) is 9.59 Å². The van der Waals surface area contributed by atoms with Crippen LogP contribution < -0.4 is 5.32 Å². The Bertz CT molecular complexity index is 289. The summed E-state index contributed by atoms with van der Waals surface area (Å²) in [5.74, 6) is 0.708. The first kappa shape index (κ1) is 20.1. The van der Waals surface area contributed by atoms with E-state index in [9.17, 15) is 9.59 Å². The smallest absolute Gasteiger partial charge is 0.220 e. The van der Waals surface area contributed by atoms with E-state index in [-0.39, 0.29) is 17.7 Å². The Morgan fingerprint density at radius 1 is 0.905 bits per heavy atom. The number of carbonyl (C=O) groups excluding carboxylic acids is 2. The van der Waals surface area contributed by atoms with E-state index in [4.69, 9.17) is 0 Å². The Morgan fingerprint density at radius 2 is 1.48 bits per heavy atom. The van der Waals surface area contributed by atoms with Crippen LogP contribution in [0.25, 0.3) is 0 Å². The summed E-state index contributed by atoms with van der Waals surface area (Å²) in [5.41, 5.74) is 0. The van der Waals surface area contributed by atoms with Gasteiger partial charge in [-0.15, -0.1) is 0 Å². The molecule has 1 N–H and O–H groups in total. The highest BCUT2D eigenvalue weighted by atomic mass is 16.1. The van der Waals surface area contributed by atoms with Gasteiger partial charge < -0.3 is 5.32 Å². The average molecular weight is 297 g/mol. The first-order valence-electron chi connectivity index (χ1n) is 8.78. The van der Waals surface area contributed by atoms with Gasteiger partial charge >= 0.3 is 0 Å². The number of nitrogens with one attached hydrogen (secondary N) is 1. The molecule has 0 aliphatic rings. The molecule has 0 fully saturated rings. The average Bonchev–Trinajstić information content (AvgIpc) is 2.38. The van der Waals surface area contributed by atoms with E-state index in [2.05, 4.69) is 26.1 Å². The van der Waals surface area contributed by atoms with Gasteiger partial charge in [0.2, 0.25) is 5.91 Å². The molecule has 2 atom stereocenters. The normalized spacial score (nSPS) is 13.7. The van der Waals surface area contributed by atoms with Gasteiger partial charge in [-0.2, -0.15) is 0 Å². The lowest BCUT2D eigenvalue weighted by atomic mass is 9.98. The van der Waals surface area contributed by atoms with Crippen molar-refractivity contribution in [3.63, 3.8) is 0 Å². The van der Waals surface area contributed by atoms with Crippen molar-refractivity contribution in [2.45, 2.75) is 97.9 Å². The second-order valence-electron chi connectivity index (χ2n) is 6.47. The van der Waals surface area contributed by atoms with Crippen molar-refractivity contribution in [2.24, 2.45) is 5.92 Å². The molecule has 0 bridgehead atoms. The maximum atomic E-state index is 12.1. The maximum Gasteiger partial charge on any atom is 0.220 e. The number of unbranched alkanes of at least 4 members (excludes halogenated alkanes) is 4. The summed E-state index contributed by atoms with van der Waals surface area (Å²) in [4.78, 5) is 23.4. The Labute approximate surface area is 131 Å². The predicted octanol–water partition coefficient (Wildman–Crippen LogP) is 4.64. The van der Waals surface area contributed by atoms with Gasteiger partial charge in [-0.25, -0.2) is 0 Å². The summed E-state index contributed by atoms with van der Waals surface area (Å²) in [6, 6.07) is 0.0318. The largest absolute Gasteiger partial charge is 0.353 e. The van der Waals surface area contributed by atoms with Crippen LogP contribution in [0.4, 0.5) is 0 Å². The molecule has 0 aliphatic carbocycles. The summed E-state index contributed by atoms with van der Waals surface area (Å²) < 4.78 is 0. The van der Waals surface area contributed by atoms with E-state index >= 15 is 0 Å². The van der Waals surface area contributed by atoms with Crippen LogP contribution in [-0.4, -0.2) is 17.7 Å². The highest BCUT2D eigenvalue weighted by molar-refractivity contribution is 5.79. The molecule has 0 aromatic heterocycles. The molecular formula is C18H35NO2. The molecule has 1 amide bonds. The zero-order chi connectivity index (χ0) is 16.1. The van der Waals surface area contributed by atoms with Gasteiger partial charge in [0, 0.05) is 18.9 Å². The lowest BCUT2D eigenvalue weighted by molar-refractivity contribution is -0.123. The van der Waals surface area contributed by atoms with E-state index in [0.717, 1.165) is 32.1 Å². The number of hydrogen-bond donors (Lipinski definition) is 1. The molecule has 0 rings (SSSR count). The minimum Gasteiger partial charge on any atom is -0.353 e. The van der Waals surface area contributed by atoms with Crippen molar-refractivity contribution in [2.75, 3.05) is 0 Å². The molecule has 0 aliphatic heterocycles. The second-order valence-corrected chi connectivity index (χ2v) is 6.47. The zero-order valence-electron chi connectivity index (χ0n) is 14.5. The summed E-state index contributed by atoms with van der Waals surface area (Å²) in [7, 11) is 0. The molecule has 3 nitrogen and oxygen atoms in total. The highest BCUT2D eigenvalue weighted by Crippen LogP contribution is 2.14. The Hall–Kier alpha value is -0.860. The van der Waals surface area contributed by atoms with Crippen LogP contribution in [0.3, 0.4) is 0 Å². The van der Waals surface area contributed by atoms with Gasteiger partial charge in [0.1, 0.15) is 5.78 Å². The van der Waals surface area contributed by atoms with Crippen molar-refractivity contribution in [3.8, 4) is 0 Å². The minimum atomic E-state index is 0.0318. The van der Waals surface area contributed by atoms with Crippen molar-refractivity contribution < 1.29 is 9.59 Å². The van der Waals surface area contributed by atoms with Crippen LogP contribution in [0.2, 0.25) is 0 Å². The Balaban J connectivity index is 4.09. The quantitative estimate of drug-likeness (QED) is 0.503. The van der Waals surface area contributed by atoms with Crippen LogP contribution in [0, 0.1) is 5.92 Å². The Kier molecular flexibility index (Phi) is 12.3. The summed E-state index contributed by atoms with van der Waals surface area (Å²) in [6.07, 6.45) is 10.2. The molecule has 2 unspecified atom stereocenters. The number of amides is 1. The lowest BCUT2D eigenvalue weighted by Crippen LogP contribution is -2.36. The molecule has 0 aromatic carbocycles. The first-order chi connectivity index (χ1) is 9.99. The van der Waals surface area contributed by atoms with Gasteiger partial charge in [0.15, 0.2) is 0 Å². The van der Waals surface area contributed by atoms with Crippen molar-refractivity contribution in [1.29, 1.82) is 0 Å². The summed E-state index contributed by atoms with van der Waals surface area (Å²) in [6.45, 7) is 8.11. The standard InChI is InChI=1S/C18H35NO2/c1-5-7-9-11-15(3)13-18(21)19-17(14-16(4)20)12-10-8-6-2/h15,17H,5-14H2,1-4H3,(H,19,21). The first-order valence-corrected chi connectivity index (χ1v) is 8.78. The van der Waals surface area contributed by atoms with Gasteiger partial charge in [-0.05, 0) is 19.3 Å². The molecule has 0 heterocycles. The second kappa shape index (κ2) is 12.8. The molecular weight excluding hydrogens is 262 g/mol. The fourth-order valence-corrected chi connectivity index (χ4v) is 2.66. The number of hydrogen-bond acceptors (Lipinski definition) is 2. The summed E-state index contributed by atoms with van der Waals surface area (Å²) in [5, 5.41) is 3.07. The molecule has 0 spiro atoms. The molecule has 21 heavy (non-hydrogen) atoms. The molecule has 0 aromatic rings. The predicted molar refractivity (Wildman–Crippen MR) is 89.3 cm³/mol. The van der Waals surface area contributed by atoms with E-state index in [1.165, 1.54) is 19.3 Å². The fraction of sp³-hybridized carbons (Fsp3) is 0.889. The molecule has 0 radical (unpaired) electrons. The van der Waals surface area contributed by atoms with Gasteiger partial charge in [-0.1, -0.05) is 65.7 Å². The highest BCUT2D eigenvalue weighted by Gasteiger charge is 2.16. The number of rotatable bonds is 13. The van der Waals surface area contributed by atoms with E-state index in [1.807, 2.05) is 0 Å². The third-order valence-corrected chi connectivity index (χ3v) is 3.89. The van der Waals surface area contributed by atoms with E-state index < -0.39 is 0 Å². The maximum absolute atomic E-state index is 12.1. The van der Waals surface area contributed by atoms with Crippen LogP contribution in [0.5, 0.6) is 0 Å². The van der Waals surface area contributed by atoms with Gasteiger partial charge in [0.05, 0.1) is 0 Å². The van der Waals surface area contributed by atoms with Crippen LogP contribution >= 0.6 is 0 Å². The monoisotopic (exact) mass is 297 g/mol. The minimum absolute atomic E-state index is 0.0318. The van der Waals surface area contributed by atoms with Crippen molar-refractivity contribution in [1.82, 2.24) is 5.32 Å². The lowest BCUT2D eigenvalue weighted by Gasteiger charge is -2.19. The van der Waals surface area contributed by atoms with Crippen LogP contribution in [0.15, 0.2) is 0 Å². The van der Waals surface area contributed by atoms with E-state index in [0.29, 0.717) is 18.8 Å². The fourth-order valence-electron chi connectivity index (χ4n) is 2.66. The molecule has 0 saturated carbocycles. The number of carbonyl (C=O) groups is 2. The third kappa shape index (κ3) is 12.6. The topological polar surface area (TPSA) is 46.2 Å².